The second-order valence-corrected chi connectivity index (χ2v) is 5.44. The first-order valence-electron chi connectivity index (χ1n) is 6.42. The van der Waals surface area contributed by atoms with Crippen molar-refractivity contribution in [3.05, 3.63) is 64.1 Å². The van der Waals surface area contributed by atoms with Crippen molar-refractivity contribution >= 4 is 29.1 Å². The molecule has 0 spiro atoms. The molecule has 0 aliphatic heterocycles. The first kappa shape index (κ1) is 15.7. The second-order valence-electron chi connectivity index (χ2n) is 4.60. The van der Waals surface area contributed by atoms with Gasteiger partial charge in [0.15, 0.2) is 6.61 Å². The Morgan fingerprint density at radius 1 is 1.10 bits per heavy atom. The third-order valence-electron chi connectivity index (χ3n) is 2.95. The van der Waals surface area contributed by atoms with E-state index in [1.807, 2.05) is 24.3 Å². The van der Waals surface area contributed by atoms with E-state index < -0.39 is 0 Å². The van der Waals surface area contributed by atoms with E-state index in [-0.39, 0.29) is 12.5 Å². The highest BCUT2D eigenvalue weighted by atomic mass is 35.5. The Kier molecular flexibility index (Phi) is 5.48. The Labute approximate surface area is 134 Å². The van der Waals surface area contributed by atoms with Gasteiger partial charge in [-0.1, -0.05) is 47.5 Å². The van der Waals surface area contributed by atoms with Gasteiger partial charge in [-0.05, 0) is 29.8 Å². The number of carbonyl (C=O) groups is 1. The summed E-state index contributed by atoms with van der Waals surface area (Å²) in [5.74, 6) is 0.386. The number of amides is 1. The minimum absolute atomic E-state index is 0.0478. The van der Waals surface area contributed by atoms with Gasteiger partial charge in [-0.3, -0.25) is 4.79 Å². The molecule has 0 fully saturated rings. The molecule has 2 rings (SSSR count). The maximum Gasteiger partial charge on any atom is 0.260 e. The molecule has 0 saturated carbocycles. The normalized spacial score (nSPS) is 10.2. The highest BCUT2D eigenvalue weighted by Gasteiger charge is 2.11. The summed E-state index contributed by atoms with van der Waals surface area (Å²) in [6.45, 7) is 0.454. The highest BCUT2D eigenvalue weighted by Crippen LogP contribution is 2.23. The lowest BCUT2D eigenvalue weighted by molar-refractivity contribution is -0.132. The molecule has 0 radical (unpaired) electrons. The highest BCUT2D eigenvalue weighted by molar-refractivity contribution is 6.32. The van der Waals surface area contributed by atoms with Gasteiger partial charge in [0.2, 0.25) is 0 Å². The van der Waals surface area contributed by atoms with Gasteiger partial charge in [0, 0.05) is 18.6 Å². The van der Waals surface area contributed by atoms with Crippen LogP contribution in [0.1, 0.15) is 5.56 Å². The fourth-order valence-corrected chi connectivity index (χ4v) is 2.08. The summed E-state index contributed by atoms with van der Waals surface area (Å²) in [6.07, 6.45) is 0. The van der Waals surface area contributed by atoms with E-state index in [0.29, 0.717) is 22.3 Å². The van der Waals surface area contributed by atoms with Gasteiger partial charge < -0.3 is 9.64 Å². The van der Waals surface area contributed by atoms with Crippen LogP contribution in [0.3, 0.4) is 0 Å². The minimum Gasteiger partial charge on any atom is -0.482 e. The van der Waals surface area contributed by atoms with Crippen LogP contribution in [-0.4, -0.2) is 24.5 Å². The molecule has 0 heterocycles. The maximum atomic E-state index is 12.0. The average molecular weight is 324 g/mol. The smallest absolute Gasteiger partial charge is 0.260 e. The fourth-order valence-electron chi connectivity index (χ4n) is 1.76. The van der Waals surface area contributed by atoms with E-state index in [1.54, 1.807) is 36.2 Å². The molecule has 0 aliphatic rings. The summed E-state index contributed by atoms with van der Waals surface area (Å²) in [6, 6.07) is 14.5. The van der Waals surface area contributed by atoms with E-state index in [1.165, 1.54) is 0 Å². The number of para-hydroxylation sites is 1. The molecular formula is C16H15Cl2NO2. The van der Waals surface area contributed by atoms with Gasteiger partial charge in [-0.15, -0.1) is 0 Å². The predicted molar refractivity (Wildman–Crippen MR) is 84.9 cm³/mol. The van der Waals surface area contributed by atoms with Gasteiger partial charge in [-0.2, -0.15) is 0 Å². The molecule has 0 bridgehead atoms. The second kappa shape index (κ2) is 7.34. The number of benzene rings is 2. The fraction of sp³-hybridized carbons (Fsp3) is 0.188. The molecular weight excluding hydrogens is 309 g/mol. The number of carbonyl (C=O) groups excluding carboxylic acids is 1. The van der Waals surface area contributed by atoms with Crippen LogP contribution in [0.5, 0.6) is 5.75 Å². The number of ether oxygens (including phenoxy) is 1. The monoisotopic (exact) mass is 323 g/mol. The zero-order chi connectivity index (χ0) is 15.2. The quantitative estimate of drug-likeness (QED) is 0.831. The summed E-state index contributed by atoms with van der Waals surface area (Å²) >= 11 is 11.8. The van der Waals surface area contributed by atoms with Gasteiger partial charge in [0.1, 0.15) is 5.75 Å². The number of hydrogen-bond acceptors (Lipinski definition) is 2. The lowest BCUT2D eigenvalue weighted by Crippen LogP contribution is -2.30. The Morgan fingerprint density at radius 3 is 2.43 bits per heavy atom. The van der Waals surface area contributed by atoms with Gasteiger partial charge >= 0.3 is 0 Å². The molecule has 0 atom stereocenters. The topological polar surface area (TPSA) is 29.5 Å². The number of likely N-dealkylation sites (N-methyl/N-ethyl adjacent to an activating group) is 1. The van der Waals surface area contributed by atoms with Gasteiger partial charge in [-0.25, -0.2) is 0 Å². The lowest BCUT2D eigenvalue weighted by atomic mass is 10.2. The van der Waals surface area contributed by atoms with Crippen molar-refractivity contribution in [3.63, 3.8) is 0 Å². The minimum atomic E-state index is -0.120. The third kappa shape index (κ3) is 4.66. The van der Waals surface area contributed by atoms with E-state index in [9.17, 15) is 4.79 Å². The molecule has 5 heteroatoms. The van der Waals surface area contributed by atoms with Crippen LogP contribution in [0.25, 0.3) is 0 Å². The first-order chi connectivity index (χ1) is 10.1. The number of hydrogen-bond donors (Lipinski definition) is 0. The van der Waals surface area contributed by atoms with Crippen molar-refractivity contribution in [2.75, 3.05) is 13.7 Å². The molecule has 0 aromatic heterocycles. The van der Waals surface area contributed by atoms with Crippen molar-refractivity contribution in [2.24, 2.45) is 0 Å². The lowest BCUT2D eigenvalue weighted by Gasteiger charge is -2.18. The average Bonchev–Trinajstić information content (AvgIpc) is 2.48. The molecule has 0 N–H and O–H groups in total. The molecule has 0 aliphatic carbocycles. The zero-order valence-electron chi connectivity index (χ0n) is 11.6. The van der Waals surface area contributed by atoms with Crippen LogP contribution >= 0.6 is 23.2 Å². The van der Waals surface area contributed by atoms with Crippen molar-refractivity contribution in [1.82, 2.24) is 4.90 Å². The molecule has 2 aromatic carbocycles. The van der Waals surface area contributed by atoms with Crippen LogP contribution in [0, 0.1) is 0 Å². The summed E-state index contributed by atoms with van der Waals surface area (Å²) in [5, 5.41) is 1.17. The standard InChI is InChI=1S/C16H15Cl2NO2/c1-19(10-12-6-8-13(17)9-7-12)16(20)11-21-15-5-3-2-4-14(15)18/h2-9H,10-11H2,1H3. The molecule has 110 valence electrons. The maximum absolute atomic E-state index is 12.0. The van der Waals surface area contributed by atoms with Crippen molar-refractivity contribution in [3.8, 4) is 5.75 Å². The Morgan fingerprint density at radius 2 is 1.76 bits per heavy atom. The molecule has 0 unspecified atom stereocenters. The molecule has 3 nitrogen and oxygen atoms in total. The molecule has 1 amide bonds. The summed E-state index contributed by atoms with van der Waals surface area (Å²) < 4.78 is 5.43. The predicted octanol–water partition coefficient (Wildman–Crippen LogP) is 4.03. The van der Waals surface area contributed by atoms with E-state index in [0.717, 1.165) is 5.56 Å². The van der Waals surface area contributed by atoms with Crippen LogP contribution in [0.4, 0.5) is 0 Å². The largest absolute Gasteiger partial charge is 0.482 e. The Hall–Kier alpha value is -1.71. The molecule has 21 heavy (non-hydrogen) atoms. The van der Waals surface area contributed by atoms with Crippen LogP contribution < -0.4 is 4.74 Å². The van der Waals surface area contributed by atoms with E-state index >= 15 is 0 Å². The van der Waals surface area contributed by atoms with Gasteiger partial charge in [0.25, 0.3) is 5.91 Å². The van der Waals surface area contributed by atoms with Crippen LogP contribution in [-0.2, 0) is 11.3 Å². The zero-order valence-corrected chi connectivity index (χ0v) is 13.1. The Balaban J connectivity index is 1.88. The number of nitrogens with zero attached hydrogens (tertiary/aromatic N) is 1. The Bertz CT molecular complexity index is 614. The van der Waals surface area contributed by atoms with E-state index in [4.69, 9.17) is 27.9 Å². The summed E-state index contributed by atoms with van der Waals surface area (Å²) in [4.78, 5) is 13.6. The SMILES string of the molecule is CN(Cc1ccc(Cl)cc1)C(=O)COc1ccccc1Cl. The number of rotatable bonds is 5. The van der Waals surface area contributed by atoms with Crippen molar-refractivity contribution in [1.29, 1.82) is 0 Å². The van der Waals surface area contributed by atoms with Crippen LogP contribution in [0.2, 0.25) is 10.0 Å². The third-order valence-corrected chi connectivity index (χ3v) is 3.51. The number of halogens is 2. The molecule has 0 saturated heterocycles. The summed E-state index contributed by atoms with van der Waals surface area (Å²) in [5.41, 5.74) is 1.01. The van der Waals surface area contributed by atoms with Crippen molar-refractivity contribution < 1.29 is 9.53 Å². The van der Waals surface area contributed by atoms with Crippen molar-refractivity contribution in [2.45, 2.75) is 6.54 Å². The van der Waals surface area contributed by atoms with Gasteiger partial charge in [0.05, 0.1) is 5.02 Å². The first-order valence-corrected chi connectivity index (χ1v) is 7.17. The summed E-state index contributed by atoms with van der Waals surface area (Å²) in [7, 11) is 1.73. The van der Waals surface area contributed by atoms with Crippen LogP contribution in [0.15, 0.2) is 48.5 Å². The molecule has 2 aromatic rings. The van der Waals surface area contributed by atoms with E-state index in [2.05, 4.69) is 0 Å².